The maximum atomic E-state index is 13.1. The summed E-state index contributed by atoms with van der Waals surface area (Å²) in [4.78, 5) is 11.6. The van der Waals surface area contributed by atoms with E-state index in [0.717, 1.165) is 17.7 Å². The van der Waals surface area contributed by atoms with E-state index in [-0.39, 0.29) is 17.3 Å². The van der Waals surface area contributed by atoms with Crippen molar-refractivity contribution >= 4 is 23.4 Å². The predicted octanol–water partition coefficient (Wildman–Crippen LogP) is 3.93. The standard InChI is InChI=1S/C14H11ClFNO3/c15-11-6-10(16)7-12(13(11)18)17-14(19)20-8-9-4-2-1-3-5-9/h1-7,18H,8H2,(H,17,19). The van der Waals surface area contributed by atoms with Crippen LogP contribution in [0.3, 0.4) is 0 Å². The van der Waals surface area contributed by atoms with Crippen molar-refractivity contribution in [3.8, 4) is 5.75 Å². The summed E-state index contributed by atoms with van der Waals surface area (Å²) in [6.45, 7) is 0.0660. The third-order valence-electron chi connectivity index (χ3n) is 2.48. The van der Waals surface area contributed by atoms with Crippen LogP contribution in [-0.2, 0) is 11.3 Å². The van der Waals surface area contributed by atoms with Gasteiger partial charge in [0.2, 0.25) is 0 Å². The van der Waals surface area contributed by atoms with Crippen molar-refractivity contribution in [3.63, 3.8) is 0 Å². The molecule has 0 fully saturated rings. The molecule has 0 aromatic heterocycles. The van der Waals surface area contributed by atoms with Crippen LogP contribution in [0.15, 0.2) is 42.5 Å². The SMILES string of the molecule is O=C(Nc1cc(F)cc(Cl)c1O)OCc1ccccc1. The highest BCUT2D eigenvalue weighted by atomic mass is 35.5. The van der Waals surface area contributed by atoms with Gasteiger partial charge in [0, 0.05) is 6.07 Å². The summed E-state index contributed by atoms with van der Waals surface area (Å²) >= 11 is 5.59. The van der Waals surface area contributed by atoms with Crippen LogP contribution in [0.2, 0.25) is 5.02 Å². The smallest absolute Gasteiger partial charge is 0.412 e. The number of benzene rings is 2. The van der Waals surface area contributed by atoms with Crippen LogP contribution in [-0.4, -0.2) is 11.2 Å². The zero-order valence-corrected chi connectivity index (χ0v) is 11.0. The van der Waals surface area contributed by atoms with E-state index in [1.165, 1.54) is 0 Å². The molecule has 0 bridgehead atoms. The number of halogens is 2. The first-order valence-electron chi connectivity index (χ1n) is 5.72. The van der Waals surface area contributed by atoms with Crippen LogP contribution in [0, 0.1) is 5.82 Å². The van der Waals surface area contributed by atoms with Gasteiger partial charge in [-0.15, -0.1) is 0 Å². The van der Waals surface area contributed by atoms with E-state index in [0.29, 0.717) is 0 Å². The molecule has 1 amide bonds. The van der Waals surface area contributed by atoms with Crippen molar-refractivity contribution in [2.24, 2.45) is 0 Å². The molecule has 0 spiro atoms. The van der Waals surface area contributed by atoms with Gasteiger partial charge < -0.3 is 9.84 Å². The summed E-state index contributed by atoms with van der Waals surface area (Å²) in [5.74, 6) is -1.09. The predicted molar refractivity (Wildman–Crippen MR) is 73.3 cm³/mol. The van der Waals surface area contributed by atoms with Crippen LogP contribution < -0.4 is 5.32 Å². The van der Waals surface area contributed by atoms with E-state index >= 15 is 0 Å². The van der Waals surface area contributed by atoms with E-state index in [1.807, 2.05) is 18.2 Å². The quantitative estimate of drug-likeness (QED) is 0.843. The van der Waals surface area contributed by atoms with Crippen LogP contribution in [0.4, 0.5) is 14.9 Å². The van der Waals surface area contributed by atoms with E-state index in [9.17, 15) is 14.3 Å². The Bertz CT molecular complexity index is 619. The molecule has 4 nitrogen and oxygen atoms in total. The second-order valence-electron chi connectivity index (χ2n) is 3.97. The number of rotatable bonds is 3. The molecule has 0 radical (unpaired) electrons. The van der Waals surface area contributed by atoms with Crippen LogP contribution >= 0.6 is 11.6 Å². The topological polar surface area (TPSA) is 58.6 Å². The number of amides is 1. The number of anilines is 1. The van der Waals surface area contributed by atoms with Gasteiger partial charge in [-0.2, -0.15) is 0 Å². The molecule has 0 unspecified atom stereocenters. The fourth-order valence-corrected chi connectivity index (χ4v) is 1.74. The molecule has 0 aliphatic carbocycles. The Morgan fingerprint density at radius 2 is 2.00 bits per heavy atom. The molecule has 2 aromatic rings. The van der Waals surface area contributed by atoms with Crippen LogP contribution in [0.5, 0.6) is 5.75 Å². The van der Waals surface area contributed by atoms with E-state index in [4.69, 9.17) is 16.3 Å². The van der Waals surface area contributed by atoms with Crippen LogP contribution in [0.1, 0.15) is 5.56 Å². The third kappa shape index (κ3) is 3.61. The van der Waals surface area contributed by atoms with Gasteiger partial charge in [-0.25, -0.2) is 9.18 Å². The molecule has 0 atom stereocenters. The number of phenols is 1. The Balaban J connectivity index is 1.98. The largest absolute Gasteiger partial charge is 0.504 e. The fourth-order valence-electron chi connectivity index (χ4n) is 1.53. The second-order valence-corrected chi connectivity index (χ2v) is 4.38. The molecular weight excluding hydrogens is 285 g/mol. The summed E-state index contributed by atoms with van der Waals surface area (Å²) in [6.07, 6.45) is -0.814. The van der Waals surface area contributed by atoms with Gasteiger partial charge in [-0.1, -0.05) is 41.9 Å². The average molecular weight is 296 g/mol. The maximum absolute atomic E-state index is 13.1. The minimum absolute atomic E-state index is 0.0660. The summed E-state index contributed by atoms with van der Waals surface area (Å²) in [5, 5.41) is 11.6. The third-order valence-corrected chi connectivity index (χ3v) is 2.77. The van der Waals surface area contributed by atoms with Gasteiger partial charge in [-0.05, 0) is 11.6 Å². The van der Waals surface area contributed by atoms with Gasteiger partial charge >= 0.3 is 6.09 Å². The molecule has 20 heavy (non-hydrogen) atoms. The average Bonchev–Trinajstić information content (AvgIpc) is 2.43. The Labute approximate surface area is 119 Å². The number of phenolic OH excluding ortho intramolecular Hbond substituents is 1. The summed E-state index contributed by atoms with van der Waals surface area (Å²) < 4.78 is 18.1. The first kappa shape index (κ1) is 14.1. The van der Waals surface area contributed by atoms with Gasteiger partial charge in [0.05, 0.1) is 10.7 Å². The molecule has 6 heteroatoms. The molecule has 0 heterocycles. The van der Waals surface area contributed by atoms with Crippen molar-refractivity contribution in [3.05, 3.63) is 58.9 Å². The number of carbonyl (C=O) groups excluding carboxylic acids is 1. The number of carbonyl (C=O) groups is 1. The highest BCUT2D eigenvalue weighted by Crippen LogP contribution is 2.32. The Kier molecular flexibility index (Phi) is 4.42. The van der Waals surface area contributed by atoms with E-state index in [2.05, 4.69) is 5.32 Å². The first-order chi connectivity index (χ1) is 9.56. The van der Waals surface area contributed by atoms with Crippen molar-refractivity contribution in [1.82, 2.24) is 0 Å². The molecule has 2 N–H and O–H groups in total. The highest BCUT2D eigenvalue weighted by Gasteiger charge is 2.12. The van der Waals surface area contributed by atoms with Crippen LogP contribution in [0.25, 0.3) is 0 Å². The molecule has 0 aliphatic rings. The molecule has 0 aliphatic heterocycles. The van der Waals surface area contributed by atoms with E-state index < -0.39 is 17.7 Å². The van der Waals surface area contributed by atoms with Crippen molar-refractivity contribution in [2.75, 3.05) is 5.32 Å². The van der Waals surface area contributed by atoms with Gasteiger partial charge in [0.25, 0.3) is 0 Å². The minimum atomic E-state index is -0.814. The summed E-state index contributed by atoms with van der Waals surface area (Å²) in [5.41, 5.74) is 0.664. The Morgan fingerprint density at radius 1 is 1.30 bits per heavy atom. The zero-order chi connectivity index (χ0) is 14.5. The highest BCUT2D eigenvalue weighted by molar-refractivity contribution is 6.32. The Morgan fingerprint density at radius 3 is 2.70 bits per heavy atom. The lowest BCUT2D eigenvalue weighted by atomic mass is 10.2. The molecule has 2 rings (SSSR count). The monoisotopic (exact) mass is 295 g/mol. The Hall–Kier alpha value is -2.27. The normalized spacial score (nSPS) is 10.1. The van der Waals surface area contributed by atoms with Crippen molar-refractivity contribution in [2.45, 2.75) is 6.61 Å². The molecule has 0 saturated carbocycles. The molecular formula is C14H11ClFNO3. The van der Waals surface area contributed by atoms with Gasteiger partial charge in [-0.3, -0.25) is 5.32 Å². The number of aromatic hydroxyl groups is 1. The summed E-state index contributed by atoms with van der Waals surface area (Å²) in [7, 11) is 0. The second kappa shape index (κ2) is 6.25. The lowest BCUT2D eigenvalue weighted by Crippen LogP contribution is -2.13. The van der Waals surface area contributed by atoms with Gasteiger partial charge in [0.15, 0.2) is 5.75 Å². The van der Waals surface area contributed by atoms with Crippen molar-refractivity contribution < 1.29 is 19.0 Å². The zero-order valence-electron chi connectivity index (χ0n) is 10.3. The molecule has 104 valence electrons. The molecule has 2 aromatic carbocycles. The maximum Gasteiger partial charge on any atom is 0.412 e. The number of hydrogen-bond donors (Lipinski definition) is 2. The van der Waals surface area contributed by atoms with Crippen molar-refractivity contribution in [1.29, 1.82) is 0 Å². The summed E-state index contributed by atoms with van der Waals surface area (Å²) in [6, 6.07) is 11.0. The van der Waals surface area contributed by atoms with E-state index in [1.54, 1.807) is 12.1 Å². The lowest BCUT2D eigenvalue weighted by molar-refractivity contribution is 0.155. The number of hydrogen-bond acceptors (Lipinski definition) is 3. The number of ether oxygens (including phenoxy) is 1. The molecule has 0 saturated heterocycles. The first-order valence-corrected chi connectivity index (χ1v) is 6.10. The fraction of sp³-hybridized carbons (Fsp3) is 0.0714. The number of nitrogens with one attached hydrogen (secondary N) is 1. The lowest BCUT2D eigenvalue weighted by Gasteiger charge is -2.09. The minimum Gasteiger partial charge on any atom is -0.504 e. The van der Waals surface area contributed by atoms with Gasteiger partial charge in [0.1, 0.15) is 12.4 Å².